The zero-order valence-corrected chi connectivity index (χ0v) is 11.0. The minimum Gasteiger partial charge on any atom is -0.359 e. The molecule has 0 bridgehead atoms. The van der Waals surface area contributed by atoms with E-state index in [-0.39, 0.29) is 17.4 Å². The van der Waals surface area contributed by atoms with Crippen molar-refractivity contribution in [2.75, 3.05) is 20.1 Å². The molecule has 1 aromatic rings. The van der Waals surface area contributed by atoms with E-state index in [9.17, 15) is 14.4 Å². The van der Waals surface area contributed by atoms with E-state index < -0.39 is 5.41 Å². The summed E-state index contributed by atoms with van der Waals surface area (Å²) in [7, 11) is 1.59. The SMILES string of the molecule is CNC(=O)C1(C)CCN(C(=O)c2cc[nH]c(=O)c2)C1. The molecule has 1 atom stereocenters. The first-order valence-electron chi connectivity index (χ1n) is 6.16. The predicted molar refractivity (Wildman–Crippen MR) is 69.8 cm³/mol. The van der Waals surface area contributed by atoms with Gasteiger partial charge in [0.05, 0.1) is 5.41 Å². The summed E-state index contributed by atoms with van der Waals surface area (Å²) in [5.74, 6) is -0.271. The van der Waals surface area contributed by atoms with E-state index in [0.717, 1.165) is 0 Å². The van der Waals surface area contributed by atoms with Gasteiger partial charge in [-0.3, -0.25) is 14.4 Å². The lowest BCUT2D eigenvalue weighted by molar-refractivity contribution is -0.128. The zero-order chi connectivity index (χ0) is 14.0. The van der Waals surface area contributed by atoms with E-state index in [1.165, 1.54) is 12.3 Å². The molecule has 1 unspecified atom stereocenters. The van der Waals surface area contributed by atoms with Gasteiger partial charge in [0.2, 0.25) is 11.5 Å². The number of aromatic nitrogens is 1. The second-order valence-corrected chi connectivity index (χ2v) is 5.06. The maximum Gasteiger partial charge on any atom is 0.254 e. The van der Waals surface area contributed by atoms with Crippen molar-refractivity contribution in [2.45, 2.75) is 13.3 Å². The number of nitrogens with one attached hydrogen (secondary N) is 2. The minimum absolute atomic E-state index is 0.0614. The second kappa shape index (κ2) is 4.87. The van der Waals surface area contributed by atoms with E-state index in [4.69, 9.17) is 0 Å². The Balaban J connectivity index is 2.15. The summed E-state index contributed by atoms with van der Waals surface area (Å²) in [6, 6.07) is 2.84. The van der Waals surface area contributed by atoms with E-state index >= 15 is 0 Å². The van der Waals surface area contributed by atoms with Gasteiger partial charge >= 0.3 is 0 Å². The molecule has 2 heterocycles. The summed E-state index contributed by atoms with van der Waals surface area (Å²) in [6.45, 7) is 2.74. The Bertz CT molecular complexity index is 566. The molecule has 6 heteroatoms. The van der Waals surface area contributed by atoms with Gasteiger partial charge in [0, 0.05) is 38.0 Å². The topological polar surface area (TPSA) is 82.3 Å². The average Bonchev–Trinajstić information content (AvgIpc) is 2.81. The van der Waals surface area contributed by atoms with Gasteiger partial charge in [-0.15, -0.1) is 0 Å². The summed E-state index contributed by atoms with van der Waals surface area (Å²) >= 11 is 0. The molecule has 2 rings (SSSR count). The quantitative estimate of drug-likeness (QED) is 0.786. The van der Waals surface area contributed by atoms with Crippen molar-refractivity contribution in [3.05, 3.63) is 34.2 Å². The van der Waals surface area contributed by atoms with Gasteiger partial charge in [-0.2, -0.15) is 0 Å². The molecular formula is C13H17N3O3. The van der Waals surface area contributed by atoms with Gasteiger partial charge in [0.25, 0.3) is 5.91 Å². The van der Waals surface area contributed by atoms with Crippen molar-refractivity contribution in [3.8, 4) is 0 Å². The summed E-state index contributed by atoms with van der Waals surface area (Å²) in [5.41, 5.74) is -0.505. The fourth-order valence-electron chi connectivity index (χ4n) is 2.38. The molecule has 19 heavy (non-hydrogen) atoms. The van der Waals surface area contributed by atoms with Crippen molar-refractivity contribution >= 4 is 11.8 Å². The lowest BCUT2D eigenvalue weighted by atomic mass is 9.89. The number of rotatable bonds is 2. The molecule has 1 aliphatic heterocycles. The van der Waals surface area contributed by atoms with Crippen LogP contribution in [0.4, 0.5) is 0 Å². The van der Waals surface area contributed by atoms with Gasteiger partial charge in [-0.1, -0.05) is 0 Å². The number of nitrogens with zero attached hydrogens (tertiary/aromatic N) is 1. The molecular weight excluding hydrogens is 246 g/mol. The first kappa shape index (κ1) is 13.3. The van der Waals surface area contributed by atoms with Gasteiger partial charge in [0.1, 0.15) is 0 Å². The predicted octanol–water partition coefficient (Wildman–Crippen LogP) is -0.0269. The van der Waals surface area contributed by atoms with Crippen LogP contribution >= 0.6 is 0 Å². The highest BCUT2D eigenvalue weighted by Crippen LogP contribution is 2.30. The standard InChI is InChI=1S/C13H17N3O3/c1-13(12(19)14-2)4-6-16(8-13)11(18)9-3-5-15-10(17)7-9/h3,5,7H,4,6,8H2,1-2H3,(H,14,19)(H,15,17). The first-order valence-corrected chi connectivity index (χ1v) is 6.16. The Hall–Kier alpha value is -2.11. The molecule has 2 amide bonds. The first-order chi connectivity index (χ1) is 8.96. The van der Waals surface area contributed by atoms with Crippen LogP contribution in [-0.2, 0) is 4.79 Å². The number of hydrogen-bond donors (Lipinski definition) is 2. The Kier molecular flexibility index (Phi) is 3.42. The number of hydrogen-bond acceptors (Lipinski definition) is 3. The largest absolute Gasteiger partial charge is 0.359 e. The highest BCUT2D eigenvalue weighted by molar-refractivity contribution is 5.95. The number of amides is 2. The van der Waals surface area contributed by atoms with Crippen LogP contribution in [0.1, 0.15) is 23.7 Å². The molecule has 0 spiro atoms. The molecule has 1 saturated heterocycles. The smallest absolute Gasteiger partial charge is 0.254 e. The fourth-order valence-corrected chi connectivity index (χ4v) is 2.38. The zero-order valence-electron chi connectivity index (χ0n) is 11.0. The van der Waals surface area contributed by atoms with Gasteiger partial charge in [-0.25, -0.2) is 0 Å². The highest BCUT2D eigenvalue weighted by atomic mass is 16.2. The lowest BCUT2D eigenvalue weighted by Crippen LogP contribution is -2.40. The van der Waals surface area contributed by atoms with Crippen LogP contribution < -0.4 is 10.9 Å². The number of carbonyl (C=O) groups is 2. The van der Waals surface area contributed by atoms with E-state index in [1.54, 1.807) is 18.0 Å². The molecule has 1 fully saturated rings. The molecule has 0 radical (unpaired) electrons. The number of carbonyl (C=O) groups excluding carboxylic acids is 2. The summed E-state index contributed by atoms with van der Waals surface area (Å²) < 4.78 is 0. The van der Waals surface area contributed by atoms with Crippen LogP contribution in [0.5, 0.6) is 0 Å². The Morgan fingerprint density at radius 3 is 2.84 bits per heavy atom. The van der Waals surface area contributed by atoms with Crippen LogP contribution in [0, 0.1) is 5.41 Å². The van der Waals surface area contributed by atoms with Crippen molar-refractivity contribution in [3.63, 3.8) is 0 Å². The van der Waals surface area contributed by atoms with Crippen molar-refractivity contribution < 1.29 is 9.59 Å². The molecule has 0 aliphatic carbocycles. The highest BCUT2D eigenvalue weighted by Gasteiger charge is 2.41. The Labute approximate surface area is 110 Å². The molecule has 0 aromatic carbocycles. The minimum atomic E-state index is -0.550. The summed E-state index contributed by atoms with van der Waals surface area (Å²) in [4.78, 5) is 39.3. The molecule has 1 aliphatic rings. The third-order valence-electron chi connectivity index (χ3n) is 3.56. The summed E-state index contributed by atoms with van der Waals surface area (Å²) in [5, 5.41) is 2.62. The fraction of sp³-hybridized carbons (Fsp3) is 0.462. The maximum atomic E-state index is 12.2. The van der Waals surface area contributed by atoms with Crippen LogP contribution in [0.25, 0.3) is 0 Å². The Morgan fingerprint density at radius 2 is 2.21 bits per heavy atom. The monoisotopic (exact) mass is 263 g/mol. The number of likely N-dealkylation sites (tertiary alicyclic amines) is 1. The van der Waals surface area contributed by atoms with E-state index in [1.807, 2.05) is 6.92 Å². The third kappa shape index (κ3) is 2.52. The number of pyridine rings is 1. The van der Waals surface area contributed by atoms with Crippen molar-refractivity contribution in [1.82, 2.24) is 15.2 Å². The maximum absolute atomic E-state index is 12.2. The van der Waals surface area contributed by atoms with Gasteiger partial charge < -0.3 is 15.2 Å². The van der Waals surface area contributed by atoms with Crippen molar-refractivity contribution in [1.29, 1.82) is 0 Å². The molecule has 6 nitrogen and oxygen atoms in total. The lowest BCUT2D eigenvalue weighted by Gasteiger charge is -2.22. The van der Waals surface area contributed by atoms with Crippen LogP contribution in [0.2, 0.25) is 0 Å². The molecule has 2 N–H and O–H groups in total. The average molecular weight is 263 g/mol. The van der Waals surface area contributed by atoms with E-state index in [0.29, 0.717) is 25.1 Å². The van der Waals surface area contributed by atoms with Gasteiger partial charge in [0.15, 0.2) is 0 Å². The van der Waals surface area contributed by atoms with Crippen LogP contribution in [0.3, 0.4) is 0 Å². The van der Waals surface area contributed by atoms with Crippen LogP contribution in [0.15, 0.2) is 23.1 Å². The van der Waals surface area contributed by atoms with Crippen molar-refractivity contribution in [2.24, 2.45) is 5.41 Å². The summed E-state index contributed by atoms with van der Waals surface area (Å²) in [6.07, 6.45) is 2.07. The normalized spacial score (nSPS) is 22.3. The molecule has 102 valence electrons. The third-order valence-corrected chi connectivity index (χ3v) is 3.56. The van der Waals surface area contributed by atoms with E-state index in [2.05, 4.69) is 10.3 Å². The molecule has 1 aromatic heterocycles. The number of aromatic amines is 1. The Morgan fingerprint density at radius 1 is 1.47 bits per heavy atom. The second-order valence-electron chi connectivity index (χ2n) is 5.06. The number of H-pyrrole nitrogens is 1. The van der Waals surface area contributed by atoms with Gasteiger partial charge in [-0.05, 0) is 19.4 Å². The molecule has 0 saturated carbocycles. The van der Waals surface area contributed by atoms with Crippen LogP contribution in [-0.4, -0.2) is 41.8 Å².